The molecule has 1 fully saturated rings. The Bertz CT molecular complexity index is 366. The molecule has 0 spiro atoms. The molecule has 2 rings (SSSR count). The number of hydrogen-bond acceptors (Lipinski definition) is 4. The Morgan fingerprint density at radius 1 is 1.50 bits per heavy atom. The van der Waals surface area contributed by atoms with E-state index in [4.69, 9.17) is 4.74 Å². The van der Waals surface area contributed by atoms with Crippen molar-refractivity contribution < 1.29 is 4.74 Å². The quantitative estimate of drug-likeness (QED) is 0.707. The largest absolute Gasteiger partial charge is 0.374 e. The fraction of sp³-hybridized carbons (Fsp3) is 0.643. The third-order valence-electron chi connectivity index (χ3n) is 3.35. The highest BCUT2D eigenvalue weighted by molar-refractivity contribution is 5.18. The van der Waals surface area contributed by atoms with Crippen molar-refractivity contribution in [1.29, 1.82) is 0 Å². The van der Waals surface area contributed by atoms with Crippen molar-refractivity contribution in [3.8, 4) is 0 Å². The van der Waals surface area contributed by atoms with Crippen LogP contribution in [-0.4, -0.2) is 43.2 Å². The molecule has 0 radical (unpaired) electrons. The monoisotopic (exact) mass is 249 g/mol. The highest BCUT2D eigenvalue weighted by Crippen LogP contribution is 2.24. The van der Waals surface area contributed by atoms with E-state index in [1.165, 1.54) is 18.4 Å². The van der Waals surface area contributed by atoms with Gasteiger partial charge in [-0.1, -0.05) is 6.07 Å². The normalized spacial score (nSPS) is 15.3. The van der Waals surface area contributed by atoms with E-state index in [0.29, 0.717) is 6.61 Å². The molecule has 1 aromatic heterocycles. The summed E-state index contributed by atoms with van der Waals surface area (Å²) in [5, 5.41) is 3.15. The molecule has 4 heteroatoms. The van der Waals surface area contributed by atoms with E-state index in [1.54, 1.807) is 0 Å². The molecular formula is C14H23N3O. The summed E-state index contributed by atoms with van der Waals surface area (Å²) in [6.45, 7) is 3.24. The maximum Gasteiger partial charge on any atom is 0.0891 e. The van der Waals surface area contributed by atoms with E-state index >= 15 is 0 Å². The summed E-state index contributed by atoms with van der Waals surface area (Å²) < 4.78 is 5.72. The zero-order chi connectivity index (χ0) is 12.8. The molecule has 0 unspecified atom stereocenters. The van der Waals surface area contributed by atoms with E-state index in [-0.39, 0.29) is 0 Å². The van der Waals surface area contributed by atoms with Crippen LogP contribution in [-0.2, 0) is 17.9 Å². The van der Waals surface area contributed by atoms with Crippen LogP contribution < -0.4 is 5.32 Å². The lowest BCUT2D eigenvalue weighted by molar-refractivity contribution is 0.0952. The van der Waals surface area contributed by atoms with Gasteiger partial charge in [-0.25, -0.2) is 0 Å². The Kier molecular flexibility index (Phi) is 5.11. The summed E-state index contributed by atoms with van der Waals surface area (Å²) >= 11 is 0. The first kappa shape index (κ1) is 13.5. The average Bonchev–Trinajstić information content (AvgIpc) is 3.21. The van der Waals surface area contributed by atoms with Gasteiger partial charge < -0.3 is 15.0 Å². The van der Waals surface area contributed by atoms with E-state index in [9.17, 15) is 0 Å². The van der Waals surface area contributed by atoms with Crippen molar-refractivity contribution in [3.05, 3.63) is 29.6 Å². The maximum atomic E-state index is 5.72. The highest BCUT2D eigenvalue weighted by Gasteiger charge is 2.25. The van der Waals surface area contributed by atoms with Crippen LogP contribution in [0.25, 0.3) is 0 Å². The lowest BCUT2D eigenvalue weighted by Crippen LogP contribution is -2.25. The van der Waals surface area contributed by atoms with Crippen molar-refractivity contribution >= 4 is 0 Å². The Morgan fingerprint density at radius 2 is 2.33 bits per heavy atom. The summed E-state index contributed by atoms with van der Waals surface area (Å²) in [5.41, 5.74) is 2.26. The lowest BCUT2D eigenvalue weighted by Gasteiger charge is -2.15. The number of hydrogen-bond donors (Lipinski definition) is 1. The topological polar surface area (TPSA) is 37.4 Å². The molecule has 0 bridgehead atoms. The number of likely N-dealkylation sites (N-methyl/N-ethyl adjacent to an activating group) is 1. The molecule has 0 aromatic carbocycles. The maximum absolute atomic E-state index is 5.72. The summed E-state index contributed by atoms with van der Waals surface area (Å²) in [6, 6.07) is 4.87. The van der Waals surface area contributed by atoms with Crippen molar-refractivity contribution in [2.45, 2.75) is 32.0 Å². The first-order chi connectivity index (χ1) is 8.81. The molecule has 1 aromatic rings. The third-order valence-corrected chi connectivity index (χ3v) is 3.35. The molecule has 0 aliphatic heterocycles. The molecule has 18 heavy (non-hydrogen) atoms. The van der Waals surface area contributed by atoms with Gasteiger partial charge in [-0.2, -0.15) is 0 Å². The Labute approximate surface area is 109 Å². The van der Waals surface area contributed by atoms with Crippen LogP contribution in [0.4, 0.5) is 0 Å². The fourth-order valence-corrected chi connectivity index (χ4v) is 2.03. The average molecular weight is 249 g/mol. The lowest BCUT2D eigenvalue weighted by atomic mass is 10.2. The summed E-state index contributed by atoms with van der Waals surface area (Å²) in [6.07, 6.45) is 4.53. The number of ether oxygens (including phenoxy) is 1. The van der Waals surface area contributed by atoms with Crippen LogP contribution in [0.5, 0.6) is 0 Å². The molecule has 1 saturated carbocycles. The first-order valence-electron chi connectivity index (χ1n) is 6.66. The van der Waals surface area contributed by atoms with Crippen LogP contribution in [0, 0.1) is 0 Å². The second-order valence-corrected chi connectivity index (χ2v) is 4.90. The van der Waals surface area contributed by atoms with Gasteiger partial charge in [0.2, 0.25) is 0 Å². The summed E-state index contributed by atoms with van der Waals surface area (Å²) in [4.78, 5) is 6.76. The standard InChI is InChI=1S/C14H23N3O/c1-15-10-12-4-3-7-16-14(12)11-18-9-8-17(2)13-5-6-13/h3-4,7,13,15H,5-6,8-11H2,1-2H3. The minimum Gasteiger partial charge on any atom is -0.374 e. The first-order valence-corrected chi connectivity index (χ1v) is 6.66. The van der Waals surface area contributed by atoms with Gasteiger partial charge in [0.15, 0.2) is 0 Å². The van der Waals surface area contributed by atoms with Gasteiger partial charge >= 0.3 is 0 Å². The van der Waals surface area contributed by atoms with Crippen LogP contribution in [0.2, 0.25) is 0 Å². The van der Waals surface area contributed by atoms with Gasteiger partial charge in [0.05, 0.1) is 18.9 Å². The SMILES string of the molecule is CNCc1cccnc1COCCN(C)C1CC1. The number of nitrogens with zero attached hydrogens (tertiary/aromatic N) is 2. The van der Waals surface area contributed by atoms with Crippen molar-refractivity contribution in [2.24, 2.45) is 0 Å². The Balaban J connectivity index is 1.71. The molecule has 0 atom stereocenters. The Morgan fingerprint density at radius 3 is 3.06 bits per heavy atom. The van der Waals surface area contributed by atoms with Crippen molar-refractivity contribution in [2.75, 3.05) is 27.2 Å². The van der Waals surface area contributed by atoms with Crippen LogP contribution in [0.15, 0.2) is 18.3 Å². The van der Waals surface area contributed by atoms with Gasteiger partial charge in [-0.15, -0.1) is 0 Å². The van der Waals surface area contributed by atoms with Crippen LogP contribution >= 0.6 is 0 Å². The smallest absolute Gasteiger partial charge is 0.0891 e. The summed E-state index contributed by atoms with van der Waals surface area (Å²) in [5.74, 6) is 0. The van der Waals surface area contributed by atoms with Gasteiger partial charge in [0.25, 0.3) is 0 Å². The molecule has 1 aliphatic carbocycles. The molecule has 100 valence electrons. The number of aromatic nitrogens is 1. The van der Waals surface area contributed by atoms with Gasteiger partial charge in [0, 0.05) is 25.3 Å². The van der Waals surface area contributed by atoms with E-state index in [2.05, 4.69) is 28.3 Å². The number of pyridine rings is 1. The van der Waals surface area contributed by atoms with Crippen molar-refractivity contribution in [1.82, 2.24) is 15.2 Å². The molecule has 1 aliphatic rings. The minimum atomic E-state index is 0.608. The van der Waals surface area contributed by atoms with Crippen LogP contribution in [0.3, 0.4) is 0 Å². The minimum absolute atomic E-state index is 0.608. The Hall–Kier alpha value is -0.970. The second-order valence-electron chi connectivity index (χ2n) is 4.90. The predicted molar refractivity (Wildman–Crippen MR) is 72.3 cm³/mol. The molecule has 1 heterocycles. The summed E-state index contributed by atoms with van der Waals surface area (Å²) in [7, 11) is 4.12. The number of rotatable bonds is 8. The molecule has 1 N–H and O–H groups in total. The molecular weight excluding hydrogens is 226 g/mol. The zero-order valence-electron chi connectivity index (χ0n) is 11.4. The van der Waals surface area contributed by atoms with E-state index in [0.717, 1.165) is 31.4 Å². The van der Waals surface area contributed by atoms with Crippen molar-refractivity contribution in [3.63, 3.8) is 0 Å². The molecule has 0 saturated heterocycles. The van der Waals surface area contributed by atoms with Gasteiger partial charge in [-0.05, 0) is 38.6 Å². The molecule has 4 nitrogen and oxygen atoms in total. The zero-order valence-corrected chi connectivity index (χ0v) is 11.4. The van der Waals surface area contributed by atoms with Crippen LogP contribution in [0.1, 0.15) is 24.1 Å². The predicted octanol–water partition coefficient (Wildman–Crippen LogP) is 1.41. The fourth-order valence-electron chi connectivity index (χ4n) is 2.03. The molecule has 0 amide bonds. The van der Waals surface area contributed by atoms with E-state index < -0.39 is 0 Å². The van der Waals surface area contributed by atoms with Gasteiger partial charge in [0.1, 0.15) is 0 Å². The third kappa shape index (κ3) is 4.05. The highest BCUT2D eigenvalue weighted by atomic mass is 16.5. The van der Waals surface area contributed by atoms with Gasteiger partial charge in [-0.3, -0.25) is 4.98 Å². The van der Waals surface area contributed by atoms with E-state index in [1.807, 2.05) is 19.3 Å². The number of nitrogens with one attached hydrogen (secondary N) is 1. The second kappa shape index (κ2) is 6.83.